The lowest BCUT2D eigenvalue weighted by molar-refractivity contribution is 0.191. The lowest BCUT2D eigenvalue weighted by Gasteiger charge is -2.28. The van der Waals surface area contributed by atoms with Gasteiger partial charge in [0, 0.05) is 17.5 Å². The molecule has 1 unspecified atom stereocenters. The van der Waals surface area contributed by atoms with Crippen LogP contribution < -0.4 is 10.6 Å². The van der Waals surface area contributed by atoms with Crippen molar-refractivity contribution in [2.75, 3.05) is 13.1 Å². The molecule has 0 amide bonds. The van der Waals surface area contributed by atoms with E-state index in [0.29, 0.717) is 16.9 Å². The van der Waals surface area contributed by atoms with Gasteiger partial charge in [-0.25, -0.2) is 0 Å². The number of guanidine groups is 1. The molecular weight excluding hydrogens is 318 g/mol. The van der Waals surface area contributed by atoms with Gasteiger partial charge in [-0.15, -0.1) is 11.3 Å². The Kier molecular flexibility index (Phi) is 6.99. The molecule has 0 aliphatic heterocycles. The third kappa shape index (κ3) is 5.45. The summed E-state index contributed by atoms with van der Waals surface area (Å²) in [5.74, 6) is 1.63. The number of nitrogens with zero attached hydrogens (tertiary/aromatic N) is 1. The molecule has 1 aliphatic carbocycles. The minimum atomic E-state index is -0.598. The number of thiophene rings is 1. The molecule has 1 aliphatic rings. The summed E-state index contributed by atoms with van der Waals surface area (Å²) in [5.41, 5.74) is 0. The predicted molar refractivity (Wildman–Crippen MR) is 94.8 cm³/mol. The van der Waals surface area contributed by atoms with E-state index >= 15 is 0 Å². The largest absolute Gasteiger partial charge is 0.386 e. The van der Waals surface area contributed by atoms with Crippen molar-refractivity contribution >= 4 is 28.9 Å². The Hall–Kier alpha value is -0.780. The van der Waals surface area contributed by atoms with E-state index in [-0.39, 0.29) is 0 Å². The van der Waals surface area contributed by atoms with E-state index in [0.717, 1.165) is 23.3 Å². The van der Waals surface area contributed by atoms with E-state index < -0.39 is 6.10 Å². The second-order valence-corrected chi connectivity index (χ2v) is 7.73. The second-order valence-electron chi connectivity index (χ2n) is 5.98. The van der Waals surface area contributed by atoms with Crippen LogP contribution in [-0.4, -0.2) is 30.2 Å². The average Bonchev–Trinajstić information content (AvgIpc) is 2.93. The summed E-state index contributed by atoms with van der Waals surface area (Å²) in [4.78, 5) is 5.38. The van der Waals surface area contributed by atoms with Gasteiger partial charge in [0.15, 0.2) is 5.96 Å². The molecule has 124 valence electrons. The molecule has 1 aromatic heterocycles. The van der Waals surface area contributed by atoms with Gasteiger partial charge >= 0.3 is 0 Å². The maximum Gasteiger partial charge on any atom is 0.191 e. The van der Waals surface area contributed by atoms with Crippen molar-refractivity contribution in [2.24, 2.45) is 10.9 Å². The first-order valence-electron chi connectivity index (χ1n) is 8.06. The smallest absolute Gasteiger partial charge is 0.191 e. The molecule has 0 saturated heterocycles. The fourth-order valence-electron chi connectivity index (χ4n) is 2.69. The number of rotatable bonds is 5. The first-order chi connectivity index (χ1) is 10.6. The maximum atomic E-state index is 10.2. The molecule has 0 spiro atoms. The van der Waals surface area contributed by atoms with Crippen LogP contribution in [0.25, 0.3) is 0 Å². The standard InChI is InChI=1S/C16H26ClN3OS/c1-3-18-16(20-12-6-4-11(2)5-7-12)19-10-13(21)14-8-9-15(17)22-14/h8-9,11-13,21H,3-7,10H2,1-2H3,(H2,18,19,20). The molecule has 2 rings (SSSR count). The van der Waals surface area contributed by atoms with Crippen LogP contribution in [0, 0.1) is 5.92 Å². The molecule has 0 aromatic carbocycles. The number of aliphatic imine (C=N–C) groups is 1. The Morgan fingerprint density at radius 2 is 2.14 bits per heavy atom. The normalized spacial score (nSPS) is 24.1. The molecule has 0 radical (unpaired) electrons. The lowest BCUT2D eigenvalue weighted by Crippen LogP contribution is -2.44. The number of nitrogens with one attached hydrogen (secondary N) is 2. The zero-order valence-electron chi connectivity index (χ0n) is 13.3. The van der Waals surface area contributed by atoms with Crippen LogP contribution in [0.5, 0.6) is 0 Å². The fourth-order valence-corrected chi connectivity index (χ4v) is 3.73. The van der Waals surface area contributed by atoms with Crippen LogP contribution in [0.15, 0.2) is 17.1 Å². The summed E-state index contributed by atoms with van der Waals surface area (Å²) in [6.45, 7) is 5.53. The summed E-state index contributed by atoms with van der Waals surface area (Å²) in [6.07, 6.45) is 4.32. The van der Waals surface area contributed by atoms with Crippen LogP contribution in [0.4, 0.5) is 0 Å². The monoisotopic (exact) mass is 343 g/mol. The van der Waals surface area contributed by atoms with Crippen molar-refractivity contribution < 1.29 is 5.11 Å². The third-order valence-electron chi connectivity index (χ3n) is 4.05. The van der Waals surface area contributed by atoms with Gasteiger partial charge in [-0.3, -0.25) is 4.99 Å². The van der Waals surface area contributed by atoms with Crippen molar-refractivity contribution in [2.45, 2.75) is 51.7 Å². The number of aliphatic hydroxyl groups is 1. The van der Waals surface area contributed by atoms with Crippen LogP contribution in [-0.2, 0) is 0 Å². The number of halogens is 1. The molecule has 3 N–H and O–H groups in total. The van der Waals surface area contributed by atoms with E-state index in [1.54, 1.807) is 6.07 Å². The van der Waals surface area contributed by atoms with Gasteiger partial charge in [0.1, 0.15) is 6.10 Å². The molecule has 0 bridgehead atoms. The fraction of sp³-hybridized carbons (Fsp3) is 0.688. The van der Waals surface area contributed by atoms with Crippen LogP contribution >= 0.6 is 22.9 Å². The maximum absolute atomic E-state index is 10.2. The Morgan fingerprint density at radius 3 is 2.73 bits per heavy atom. The molecular formula is C16H26ClN3OS. The van der Waals surface area contributed by atoms with Crippen molar-refractivity contribution in [1.29, 1.82) is 0 Å². The SMILES string of the molecule is CCNC(=NCC(O)c1ccc(Cl)s1)NC1CCC(C)CC1. The number of hydrogen-bond acceptors (Lipinski definition) is 3. The highest BCUT2D eigenvalue weighted by Gasteiger charge is 2.19. The third-order valence-corrected chi connectivity index (χ3v) is 5.38. The van der Waals surface area contributed by atoms with Crippen LogP contribution in [0.3, 0.4) is 0 Å². The molecule has 1 atom stereocenters. The Bertz CT molecular complexity index is 483. The van der Waals surface area contributed by atoms with E-state index in [1.807, 2.05) is 6.07 Å². The Balaban J connectivity index is 1.89. The molecule has 1 fully saturated rings. The van der Waals surface area contributed by atoms with Gasteiger partial charge < -0.3 is 15.7 Å². The summed E-state index contributed by atoms with van der Waals surface area (Å²) >= 11 is 7.31. The first-order valence-corrected chi connectivity index (χ1v) is 9.26. The molecule has 6 heteroatoms. The Morgan fingerprint density at radius 1 is 1.41 bits per heavy atom. The van der Waals surface area contributed by atoms with Gasteiger partial charge in [-0.1, -0.05) is 18.5 Å². The topological polar surface area (TPSA) is 56.7 Å². The summed E-state index contributed by atoms with van der Waals surface area (Å²) in [7, 11) is 0. The van der Waals surface area contributed by atoms with Crippen molar-refractivity contribution in [3.8, 4) is 0 Å². The Labute approximate surface area is 142 Å². The second kappa shape index (κ2) is 8.75. The van der Waals surface area contributed by atoms with Crippen LogP contribution in [0.1, 0.15) is 50.5 Å². The van der Waals surface area contributed by atoms with Crippen molar-refractivity contribution in [1.82, 2.24) is 10.6 Å². The zero-order chi connectivity index (χ0) is 15.9. The van der Waals surface area contributed by atoms with Crippen LogP contribution in [0.2, 0.25) is 4.34 Å². The van der Waals surface area contributed by atoms with E-state index in [2.05, 4.69) is 29.5 Å². The van der Waals surface area contributed by atoms with Gasteiger partial charge in [-0.2, -0.15) is 0 Å². The summed E-state index contributed by atoms with van der Waals surface area (Å²) in [6, 6.07) is 4.15. The van der Waals surface area contributed by atoms with E-state index in [9.17, 15) is 5.11 Å². The first kappa shape index (κ1) is 17.6. The highest BCUT2D eigenvalue weighted by Crippen LogP contribution is 2.27. The van der Waals surface area contributed by atoms with Crippen molar-refractivity contribution in [3.05, 3.63) is 21.3 Å². The predicted octanol–water partition coefficient (Wildman–Crippen LogP) is 3.57. The minimum absolute atomic E-state index is 0.343. The van der Waals surface area contributed by atoms with Gasteiger partial charge in [0.25, 0.3) is 0 Å². The van der Waals surface area contributed by atoms with Gasteiger partial charge in [-0.05, 0) is 50.7 Å². The lowest BCUT2D eigenvalue weighted by atomic mass is 9.87. The summed E-state index contributed by atoms with van der Waals surface area (Å²) < 4.78 is 0.694. The minimum Gasteiger partial charge on any atom is -0.386 e. The van der Waals surface area contributed by atoms with Gasteiger partial charge in [0.05, 0.1) is 10.9 Å². The molecule has 22 heavy (non-hydrogen) atoms. The van der Waals surface area contributed by atoms with Gasteiger partial charge in [0.2, 0.25) is 0 Å². The quantitative estimate of drug-likeness (QED) is 0.566. The average molecular weight is 344 g/mol. The molecule has 1 saturated carbocycles. The van der Waals surface area contributed by atoms with E-state index in [4.69, 9.17) is 11.6 Å². The number of hydrogen-bond donors (Lipinski definition) is 3. The zero-order valence-corrected chi connectivity index (χ0v) is 14.9. The molecule has 1 aromatic rings. The molecule has 4 nitrogen and oxygen atoms in total. The number of aliphatic hydroxyl groups excluding tert-OH is 1. The van der Waals surface area contributed by atoms with E-state index in [1.165, 1.54) is 37.0 Å². The summed E-state index contributed by atoms with van der Waals surface area (Å²) in [5, 5.41) is 16.9. The molecule has 1 heterocycles. The highest BCUT2D eigenvalue weighted by atomic mass is 35.5. The highest BCUT2D eigenvalue weighted by molar-refractivity contribution is 7.16. The van der Waals surface area contributed by atoms with Crippen molar-refractivity contribution in [3.63, 3.8) is 0 Å².